The Morgan fingerprint density at radius 1 is 1.12 bits per heavy atom. The largest absolute Gasteiger partial charge is 0.337 e. The number of benzene rings is 2. The van der Waals surface area contributed by atoms with Crippen molar-refractivity contribution < 1.29 is 9.31 Å². The van der Waals surface area contributed by atoms with Crippen molar-refractivity contribution >= 4 is 16.9 Å². The summed E-state index contributed by atoms with van der Waals surface area (Å²) in [4.78, 5) is 41.6. The third-order valence-electron chi connectivity index (χ3n) is 5.39. The number of non-ortho nitro benzene ring substituents is 1. The molecule has 0 radical (unpaired) electrons. The first kappa shape index (κ1) is 22.1. The van der Waals surface area contributed by atoms with Gasteiger partial charge in [0.1, 0.15) is 5.82 Å². The second-order valence-corrected chi connectivity index (χ2v) is 8.21. The molecule has 0 aliphatic heterocycles. The number of imidazole rings is 1. The Balaban J connectivity index is 1.93. The predicted molar refractivity (Wildman–Crippen MR) is 121 cm³/mol. The summed E-state index contributed by atoms with van der Waals surface area (Å²) in [6.45, 7) is 4.36. The topological polar surface area (TPSA) is 105 Å². The van der Waals surface area contributed by atoms with Gasteiger partial charge in [0.15, 0.2) is 11.2 Å². The molecule has 170 valence electrons. The van der Waals surface area contributed by atoms with Gasteiger partial charge in [-0.1, -0.05) is 26.0 Å². The lowest BCUT2D eigenvalue weighted by molar-refractivity contribution is -0.384. The minimum absolute atomic E-state index is 0.0607. The maximum Gasteiger partial charge on any atom is 0.337 e. The summed E-state index contributed by atoms with van der Waals surface area (Å²) in [7, 11) is 0. The van der Waals surface area contributed by atoms with Crippen molar-refractivity contribution in [2.24, 2.45) is 5.92 Å². The Hall–Kier alpha value is -4.08. The van der Waals surface area contributed by atoms with Crippen LogP contribution in [0.2, 0.25) is 0 Å². The van der Waals surface area contributed by atoms with E-state index >= 15 is 0 Å². The van der Waals surface area contributed by atoms with Crippen LogP contribution in [0.25, 0.3) is 16.9 Å². The molecule has 0 atom stereocenters. The smallest absolute Gasteiger partial charge is 0.320 e. The molecule has 0 saturated carbocycles. The number of nitrogens with zero attached hydrogens (tertiary/aromatic N) is 5. The van der Waals surface area contributed by atoms with Crippen LogP contribution in [0.5, 0.6) is 0 Å². The summed E-state index contributed by atoms with van der Waals surface area (Å²) in [5.74, 6) is -0.187. The normalized spacial score (nSPS) is 11.4. The van der Waals surface area contributed by atoms with Crippen molar-refractivity contribution in [2.75, 3.05) is 0 Å². The summed E-state index contributed by atoms with van der Waals surface area (Å²) >= 11 is 0. The molecule has 9 nitrogen and oxygen atoms in total. The molecule has 4 aromatic rings. The van der Waals surface area contributed by atoms with E-state index in [0.29, 0.717) is 17.7 Å². The minimum atomic E-state index is -0.555. The van der Waals surface area contributed by atoms with Crippen molar-refractivity contribution in [1.29, 1.82) is 0 Å². The lowest BCUT2D eigenvalue weighted by atomic mass is 10.1. The molecule has 33 heavy (non-hydrogen) atoms. The van der Waals surface area contributed by atoms with Gasteiger partial charge in [-0.25, -0.2) is 18.7 Å². The molecule has 4 rings (SSSR count). The van der Waals surface area contributed by atoms with E-state index in [9.17, 15) is 24.1 Å². The summed E-state index contributed by atoms with van der Waals surface area (Å²) in [5, 5.41) is 11.1. The van der Waals surface area contributed by atoms with E-state index in [-0.39, 0.29) is 35.9 Å². The number of halogens is 1. The Bertz CT molecular complexity index is 1450. The zero-order valence-corrected chi connectivity index (χ0v) is 18.1. The maximum absolute atomic E-state index is 13.5. The summed E-state index contributed by atoms with van der Waals surface area (Å²) in [5.41, 5.74) is 0.213. The fourth-order valence-electron chi connectivity index (χ4n) is 3.67. The monoisotopic (exact) mass is 451 g/mol. The Kier molecular flexibility index (Phi) is 5.91. The van der Waals surface area contributed by atoms with Crippen LogP contribution in [0, 0.1) is 21.8 Å². The number of fused-ring (bicyclic) bond motifs is 1. The molecule has 0 unspecified atom stereocenters. The van der Waals surface area contributed by atoms with E-state index in [1.54, 1.807) is 16.7 Å². The third-order valence-corrected chi connectivity index (χ3v) is 5.39. The van der Waals surface area contributed by atoms with Crippen molar-refractivity contribution in [3.63, 3.8) is 0 Å². The van der Waals surface area contributed by atoms with Crippen LogP contribution in [0.1, 0.15) is 25.8 Å². The van der Waals surface area contributed by atoms with E-state index in [1.807, 2.05) is 13.8 Å². The number of nitro groups is 1. The summed E-state index contributed by atoms with van der Waals surface area (Å²) < 4.78 is 17.5. The van der Waals surface area contributed by atoms with Gasteiger partial charge in [-0.05, 0) is 42.2 Å². The van der Waals surface area contributed by atoms with E-state index in [0.717, 1.165) is 4.57 Å². The van der Waals surface area contributed by atoms with E-state index in [4.69, 9.17) is 0 Å². The SMILES string of the molecule is CC(C)CCn1c(=O)c2c(ncn2Cc2cccc([N+](=O)[O-])c2)n(-c2ccc(F)cc2)c1=O. The molecular formula is C23H22FN5O4. The molecule has 0 saturated heterocycles. The van der Waals surface area contributed by atoms with Gasteiger partial charge in [-0.3, -0.25) is 19.5 Å². The van der Waals surface area contributed by atoms with Crippen molar-refractivity contribution in [3.05, 3.63) is 97.2 Å². The van der Waals surface area contributed by atoms with Crippen LogP contribution in [0.4, 0.5) is 10.1 Å². The molecule has 0 aliphatic rings. The van der Waals surface area contributed by atoms with Gasteiger partial charge in [0.25, 0.3) is 11.2 Å². The lowest BCUT2D eigenvalue weighted by Gasteiger charge is -2.13. The second-order valence-electron chi connectivity index (χ2n) is 8.21. The summed E-state index contributed by atoms with van der Waals surface area (Å²) in [6.07, 6.45) is 2.04. The molecule has 10 heteroatoms. The maximum atomic E-state index is 13.5. The van der Waals surface area contributed by atoms with Crippen LogP contribution < -0.4 is 11.2 Å². The third kappa shape index (κ3) is 4.32. The zero-order chi connectivity index (χ0) is 23.7. The highest BCUT2D eigenvalue weighted by molar-refractivity contribution is 5.72. The van der Waals surface area contributed by atoms with E-state index in [2.05, 4.69) is 4.98 Å². The molecule has 0 bridgehead atoms. The average Bonchev–Trinajstić information content (AvgIpc) is 3.18. The first-order chi connectivity index (χ1) is 15.8. The molecule has 0 N–H and O–H groups in total. The average molecular weight is 451 g/mol. The number of hydrogen-bond donors (Lipinski definition) is 0. The Morgan fingerprint density at radius 2 is 1.85 bits per heavy atom. The van der Waals surface area contributed by atoms with Crippen LogP contribution >= 0.6 is 0 Å². The predicted octanol–water partition coefficient (Wildman–Crippen LogP) is 3.49. The van der Waals surface area contributed by atoms with Gasteiger partial charge in [-0.2, -0.15) is 0 Å². The Morgan fingerprint density at radius 3 is 2.52 bits per heavy atom. The van der Waals surface area contributed by atoms with Gasteiger partial charge >= 0.3 is 5.69 Å². The highest BCUT2D eigenvalue weighted by Crippen LogP contribution is 2.18. The van der Waals surface area contributed by atoms with Crippen LogP contribution in [0.15, 0.2) is 64.4 Å². The molecule has 2 aromatic carbocycles. The van der Waals surface area contributed by atoms with Gasteiger partial charge in [0.05, 0.1) is 16.9 Å². The molecule has 2 heterocycles. The van der Waals surface area contributed by atoms with Crippen LogP contribution in [0.3, 0.4) is 0 Å². The standard InChI is InChI=1S/C23H22FN5O4/c1-15(2)10-11-27-22(30)20-21(28(23(27)31)18-8-6-17(24)7-9-18)25-14-26(20)13-16-4-3-5-19(12-16)29(32)33/h3-9,12,14-15H,10-11,13H2,1-2H3. The highest BCUT2D eigenvalue weighted by Gasteiger charge is 2.20. The first-order valence-corrected chi connectivity index (χ1v) is 10.5. The van der Waals surface area contributed by atoms with Crippen molar-refractivity contribution in [2.45, 2.75) is 33.4 Å². The molecule has 0 aliphatic carbocycles. The zero-order valence-electron chi connectivity index (χ0n) is 18.1. The number of aromatic nitrogens is 4. The van der Waals surface area contributed by atoms with Gasteiger partial charge < -0.3 is 4.57 Å². The van der Waals surface area contributed by atoms with E-state index in [1.165, 1.54) is 47.3 Å². The first-order valence-electron chi connectivity index (χ1n) is 10.5. The number of hydrogen-bond acceptors (Lipinski definition) is 5. The van der Waals surface area contributed by atoms with Gasteiger partial charge in [0, 0.05) is 25.2 Å². The molecule has 0 spiro atoms. The fourth-order valence-corrected chi connectivity index (χ4v) is 3.67. The number of nitro benzene ring substituents is 1. The van der Waals surface area contributed by atoms with Crippen molar-refractivity contribution in [1.82, 2.24) is 18.7 Å². The molecular weight excluding hydrogens is 429 g/mol. The van der Waals surface area contributed by atoms with Gasteiger partial charge in [0.2, 0.25) is 0 Å². The quantitative estimate of drug-likeness (QED) is 0.316. The lowest BCUT2D eigenvalue weighted by Crippen LogP contribution is -2.40. The van der Waals surface area contributed by atoms with Gasteiger partial charge in [-0.15, -0.1) is 0 Å². The summed E-state index contributed by atoms with van der Waals surface area (Å²) in [6, 6.07) is 11.5. The fraction of sp³-hybridized carbons (Fsp3) is 0.261. The van der Waals surface area contributed by atoms with Crippen LogP contribution in [-0.2, 0) is 13.1 Å². The highest BCUT2D eigenvalue weighted by atomic mass is 19.1. The van der Waals surface area contributed by atoms with Crippen LogP contribution in [-0.4, -0.2) is 23.6 Å². The molecule has 0 amide bonds. The Labute approximate surface area is 187 Å². The van der Waals surface area contributed by atoms with E-state index < -0.39 is 22.0 Å². The second kappa shape index (κ2) is 8.81. The van der Waals surface area contributed by atoms with Crippen molar-refractivity contribution in [3.8, 4) is 5.69 Å². The minimum Gasteiger partial charge on any atom is -0.320 e. The molecule has 2 aromatic heterocycles. The molecule has 0 fully saturated rings. The number of rotatable bonds is 7.